The van der Waals surface area contributed by atoms with E-state index in [-0.39, 0.29) is 24.3 Å². The molecule has 14 nitrogen and oxygen atoms in total. The first-order valence-corrected chi connectivity index (χ1v) is 11.6. The van der Waals surface area contributed by atoms with Gasteiger partial charge in [0.15, 0.2) is 0 Å². The number of thiol groups is 1. The van der Waals surface area contributed by atoms with Gasteiger partial charge in [0.25, 0.3) is 0 Å². The van der Waals surface area contributed by atoms with E-state index in [4.69, 9.17) is 5.73 Å². The summed E-state index contributed by atoms with van der Waals surface area (Å²) in [6.45, 7) is 0. The molecule has 0 saturated carbocycles. The lowest BCUT2D eigenvalue weighted by Crippen LogP contribution is -2.58. The number of imidazole rings is 1. The Hall–Kier alpha value is -4.11. The van der Waals surface area contributed by atoms with Gasteiger partial charge in [-0.1, -0.05) is 12.1 Å². The molecule has 1 aromatic heterocycles. The number of phenolic OH excluding ortho intramolecular Hbond substituents is 1. The minimum absolute atomic E-state index is 0.0366. The van der Waals surface area contributed by atoms with Crippen molar-refractivity contribution in [3.05, 3.63) is 48.0 Å². The minimum Gasteiger partial charge on any atom is -0.508 e. The lowest BCUT2D eigenvalue weighted by atomic mass is 10.0. The summed E-state index contributed by atoms with van der Waals surface area (Å²) in [6.07, 6.45) is 1.94. The summed E-state index contributed by atoms with van der Waals surface area (Å²) in [5.74, 6) is -5.70. The number of carbonyl (C=O) groups excluding carboxylic acids is 3. The molecule has 0 saturated heterocycles. The van der Waals surface area contributed by atoms with Crippen LogP contribution in [-0.4, -0.2) is 84.9 Å². The number of rotatable bonds is 14. The van der Waals surface area contributed by atoms with Crippen molar-refractivity contribution in [1.29, 1.82) is 0 Å². The smallest absolute Gasteiger partial charge is 0.327 e. The Bertz CT molecular complexity index is 1100. The molecule has 0 aliphatic carbocycles. The van der Waals surface area contributed by atoms with Crippen LogP contribution in [0.5, 0.6) is 5.75 Å². The largest absolute Gasteiger partial charge is 0.508 e. The van der Waals surface area contributed by atoms with E-state index in [1.54, 1.807) is 0 Å². The topological polar surface area (TPSA) is 237 Å². The molecular weight excluding hydrogens is 508 g/mol. The maximum atomic E-state index is 13.0. The number of aromatic hydroxyl groups is 1. The second-order valence-electron chi connectivity index (χ2n) is 8.06. The van der Waals surface area contributed by atoms with Crippen molar-refractivity contribution in [2.45, 2.75) is 43.4 Å². The highest BCUT2D eigenvalue weighted by Gasteiger charge is 2.31. The highest BCUT2D eigenvalue weighted by Crippen LogP contribution is 2.12. The average Bonchev–Trinajstić information content (AvgIpc) is 3.35. The maximum absolute atomic E-state index is 13.0. The Kier molecular flexibility index (Phi) is 10.9. The zero-order chi connectivity index (χ0) is 27.5. The molecule has 37 heavy (non-hydrogen) atoms. The van der Waals surface area contributed by atoms with Crippen molar-refractivity contribution < 1.29 is 39.3 Å². The lowest BCUT2D eigenvalue weighted by molar-refractivity contribution is -0.142. The van der Waals surface area contributed by atoms with Crippen LogP contribution < -0.4 is 21.7 Å². The molecule has 2 rings (SSSR count). The fourth-order valence-corrected chi connectivity index (χ4v) is 3.44. The lowest BCUT2D eigenvalue weighted by Gasteiger charge is -2.24. The third kappa shape index (κ3) is 9.46. The molecule has 1 heterocycles. The summed E-state index contributed by atoms with van der Waals surface area (Å²) < 4.78 is 0. The Morgan fingerprint density at radius 2 is 1.51 bits per heavy atom. The standard InChI is InChI=1S/C22H28N6O8S/c23-14(6-12-8-24-10-25-12)19(32)26-16(7-18(30)31)21(34)27-15(5-11-1-3-13(29)4-2-11)20(33)28-17(9-37)22(35)36/h1-4,8,10,14-17,29,37H,5-7,9,23H2,(H,24,25)(H,26,32)(H,27,34)(H,28,33)(H,30,31)(H,35,36). The predicted octanol–water partition coefficient (Wildman–Crippen LogP) is -1.83. The van der Waals surface area contributed by atoms with Crippen LogP contribution in [-0.2, 0) is 36.8 Å². The van der Waals surface area contributed by atoms with Gasteiger partial charge >= 0.3 is 11.9 Å². The fraction of sp³-hybridized carbons (Fsp3) is 0.364. The second-order valence-corrected chi connectivity index (χ2v) is 8.43. The molecule has 0 fully saturated rings. The van der Waals surface area contributed by atoms with Gasteiger partial charge in [0.1, 0.15) is 23.9 Å². The van der Waals surface area contributed by atoms with Crippen molar-refractivity contribution in [3.63, 3.8) is 0 Å². The normalized spacial score (nSPS) is 14.0. The first-order chi connectivity index (χ1) is 17.5. The number of aromatic nitrogens is 2. The third-order valence-corrected chi connectivity index (χ3v) is 5.51. The Labute approximate surface area is 216 Å². The van der Waals surface area contributed by atoms with Crippen molar-refractivity contribution in [2.24, 2.45) is 5.73 Å². The molecule has 0 radical (unpaired) electrons. The second kappa shape index (κ2) is 13.8. The maximum Gasteiger partial charge on any atom is 0.327 e. The molecule has 200 valence electrons. The van der Waals surface area contributed by atoms with E-state index in [1.807, 2.05) is 0 Å². The van der Waals surface area contributed by atoms with Gasteiger partial charge in [-0.2, -0.15) is 12.6 Å². The van der Waals surface area contributed by atoms with E-state index in [0.29, 0.717) is 11.3 Å². The molecule has 1 aromatic carbocycles. The summed E-state index contributed by atoms with van der Waals surface area (Å²) in [7, 11) is 0. The van der Waals surface area contributed by atoms with Gasteiger partial charge in [0.05, 0.1) is 18.8 Å². The summed E-state index contributed by atoms with van der Waals surface area (Å²) in [4.78, 5) is 67.7. The summed E-state index contributed by atoms with van der Waals surface area (Å²) in [5.41, 5.74) is 6.91. The Balaban J connectivity index is 2.20. The number of benzene rings is 1. The number of H-pyrrole nitrogens is 1. The molecule has 9 N–H and O–H groups in total. The zero-order valence-corrected chi connectivity index (χ0v) is 20.4. The first-order valence-electron chi connectivity index (χ1n) is 11.0. The Morgan fingerprint density at radius 1 is 0.919 bits per heavy atom. The van der Waals surface area contributed by atoms with Crippen molar-refractivity contribution in [3.8, 4) is 5.75 Å². The number of hydrogen-bond acceptors (Lipinski definition) is 9. The zero-order valence-electron chi connectivity index (χ0n) is 19.5. The van der Waals surface area contributed by atoms with Gasteiger partial charge in [-0.3, -0.25) is 19.2 Å². The molecule has 15 heteroatoms. The number of nitrogens with two attached hydrogens (primary N) is 1. The summed E-state index contributed by atoms with van der Waals surface area (Å²) in [5, 5.41) is 34.9. The van der Waals surface area contributed by atoms with Crippen LogP contribution in [0.25, 0.3) is 0 Å². The number of aromatic amines is 1. The van der Waals surface area contributed by atoms with E-state index < -0.39 is 60.2 Å². The van der Waals surface area contributed by atoms with Crippen molar-refractivity contribution in [2.75, 3.05) is 5.75 Å². The van der Waals surface area contributed by atoms with E-state index >= 15 is 0 Å². The van der Waals surface area contributed by atoms with Gasteiger partial charge in [-0.25, -0.2) is 9.78 Å². The highest BCUT2D eigenvalue weighted by atomic mass is 32.1. The van der Waals surface area contributed by atoms with Gasteiger partial charge < -0.3 is 42.0 Å². The monoisotopic (exact) mass is 536 g/mol. The number of carbonyl (C=O) groups is 5. The van der Waals surface area contributed by atoms with Crippen LogP contribution in [0.15, 0.2) is 36.8 Å². The van der Waals surface area contributed by atoms with E-state index in [9.17, 15) is 39.3 Å². The quantitative estimate of drug-likeness (QED) is 0.122. The molecule has 0 bridgehead atoms. The predicted molar refractivity (Wildman–Crippen MR) is 132 cm³/mol. The van der Waals surface area contributed by atoms with Crippen LogP contribution in [0, 0.1) is 0 Å². The number of nitrogens with zero attached hydrogens (tertiary/aromatic N) is 1. The van der Waals surface area contributed by atoms with Crippen LogP contribution in [0.3, 0.4) is 0 Å². The van der Waals surface area contributed by atoms with Gasteiger partial charge in [0, 0.05) is 30.5 Å². The van der Waals surface area contributed by atoms with Crippen LogP contribution >= 0.6 is 12.6 Å². The molecule has 2 aromatic rings. The summed E-state index contributed by atoms with van der Waals surface area (Å²) >= 11 is 3.90. The van der Waals surface area contributed by atoms with E-state index in [2.05, 4.69) is 38.5 Å². The van der Waals surface area contributed by atoms with Crippen LogP contribution in [0.1, 0.15) is 17.7 Å². The molecular formula is C22H28N6O8S. The minimum atomic E-state index is -1.59. The SMILES string of the molecule is NC(Cc1cnc[nH]1)C(=O)NC(CC(=O)O)C(=O)NC(Cc1ccc(O)cc1)C(=O)NC(CS)C(=O)O. The van der Waals surface area contributed by atoms with Crippen molar-refractivity contribution in [1.82, 2.24) is 25.9 Å². The van der Waals surface area contributed by atoms with Crippen molar-refractivity contribution >= 4 is 42.3 Å². The molecule has 0 spiro atoms. The van der Waals surface area contributed by atoms with Gasteiger partial charge in [0.2, 0.25) is 17.7 Å². The number of aliphatic carboxylic acids is 2. The number of carboxylic acids is 2. The Morgan fingerprint density at radius 3 is 2.05 bits per heavy atom. The molecule has 0 aliphatic heterocycles. The number of nitrogens with one attached hydrogen (secondary N) is 4. The number of amides is 3. The number of carboxylic acid groups (broad SMARTS) is 2. The van der Waals surface area contributed by atoms with E-state index in [0.717, 1.165) is 0 Å². The third-order valence-electron chi connectivity index (χ3n) is 5.15. The molecule has 3 amide bonds. The van der Waals surface area contributed by atoms with E-state index in [1.165, 1.54) is 36.8 Å². The summed E-state index contributed by atoms with van der Waals surface area (Å²) in [6, 6.07) is 0.249. The number of hydrogen-bond donors (Lipinski definition) is 9. The van der Waals surface area contributed by atoms with Gasteiger partial charge in [-0.15, -0.1) is 0 Å². The fourth-order valence-electron chi connectivity index (χ4n) is 3.20. The molecule has 4 atom stereocenters. The first kappa shape index (κ1) is 29.1. The van der Waals surface area contributed by atoms with Crippen LogP contribution in [0.2, 0.25) is 0 Å². The molecule has 0 aliphatic rings. The van der Waals surface area contributed by atoms with Crippen LogP contribution in [0.4, 0.5) is 0 Å². The average molecular weight is 537 g/mol. The molecule has 4 unspecified atom stereocenters. The highest BCUT2D eigenvalue weighted by molar-refractivity contribution is 7.80. The van der Waals surface area contributed by atoms with Gasteiger partial charge in [-0.05, 0) is 17.7 Å². The number of phenols is 1.